The van der Waals surface area contributed by atoms with Gasteiger partial charge in [0.1, 0.15) is 0 Å². The van der Waals surface area contributed by atoms with Gasteiger partial charge in [0.05, 0.1) is 23.7 Å². The Morgan fingerprint density at radius 3 is 1.28 bits per heavy atom. The molecular formula is C18H34O10S4. The Hall–Kier alpha value is 0.0400. The van der Waals surface area contributed by atoms with E-state index in [2.05, 4.69) is 0 Å². The molecule has 2 fully saturated rings. The first-order chi connectivity index (χ1) is 15.2. The molecule has 0 bridgehead atoms. The Balaban J connectivity index is 1.57. The average molecular weight is 539 g/mol. The lowest BCUT2D eigenvalue weighted by molar-refractivity contribution is 0.169. The van der Waals surface area contributed by atoms with Gasteiger partial charge in [0.2, 0.25) is 0 Å². The minimum absolute atomic E-state index is 0.0166. The van der Waals surface area contributed by atoms with Crippen molar-refractivity contribution < 1.29 is 42.0 Å². The maximum absolute atomic E-state index is 11.9. The summed E-state index contributed by atoms with van der Waals surface area (Å²) in [7, 11) is -7.91. The molecule has 2 aliphatic rings. The molecule has 0 aromatic carbocycles. The number of unbranched alkanes of at least 4 members (excludes halogenated alkanes) is 1. The van der Waals surface area contributed by atoms with Gasteiger partial charge < -0.3 is 0 Å². The quantitative estimate of drug-likeness (QED) is 0.225. The van der Waals surface area contributed by atoms with Gasteiger partial charge in [0, 0.05) is 0 Å². The molecule has 190 valence electrons. The molecule has 0 aromatic rings. The summed E-state index contributed by atoms with van der Waals surface area (Å²) in [5.41, 5.74) is 0. The van der Waals surface area contributed by atoms with E-state index < -0.39 is 65.8 Å². The van der Waals surface area contributed by atoms with Crippen molar-refractivity contribution in [2.75, 3.05) is 23.4 Å². The first kappa shape index (κ1) is 28.3. The Labute approximate surface area is 196 Å². The Morgan fingerprint density at radius 2 is 0.938 bits per heavy atom. The monoisotopic (exact) mass is 538 g/mol. The normalized spacial score (nSPS) is 21.4. The number of rotatable bonds is 15. The van der Waals surface area contributed by atoms with Gasteiger partial charge in [-0.25, -0.2) is 8.42 Å². The Kier molecular flexibility index (Phi) is 12.8. The first-order valence-electron chi connectivity index (χ1n) is 11.0. The van der Waals surface area contributed by atoms with Crippen LogP contribution in [0.25, 0.3) is 0 Å². The molecule has 0 heterocycles. The van der Waals surface area contributed by atoms with Crippen LogP contribution in [0.1, 0.15) is 77.0 Å². The summed E-state index contributed by atoms with van der Waals surface area (Å²) in [6, 6.07) is 0. The van der Waals surface area contributed by atoms with Crippen molar-refractivity contribution >= 4 is 42.4 Å². The predicted molar refractivity (Wildman–Crippen MR) is 121 cm³/mol. The van der Waals surface area contributed by atoms with E-state index in [4.69, 9.17) is 16.7 Å². The SMILES string of the molecule is O=S(COS(=O)(=O)CCCCS(=O)(=O)OCS(=O)OC1CCCCC1)OC1CCCCC1. The molecule has 2 saturated carbocycles. The van der Waals surface area contributed by atoms with Crippen LogP contribution < -0.4 is 0 Å². The van der Waals surface area contributed by atoms with E-state index >= 15 is 0 Å². The highest BCUT2D eigenvalue weighted by molar-refractivity contribution is 7.88. The Morgan fingerprint density at radius 1 is 0.594 bits per heavy atom. The minimum atomic E-state index is -3.95. The van der Waals surface area contributed by atoms with Crippen molar-refractivity contribution in [1.82, 2.24) is 0 Å². The van der Waals surface area contributed by atoms with Crippen LogP contribution in [0, 0.1) is 0 Å². The molecule has 0 aromatic heterocycles. The summed E-state index contributed by atoms with van der Waals surface area (Å²) in [6.07, 6.45) is 9.18. The van der Waals surface area contributed by atoms with Gasteiger partial charge in [-0.05, 0) is 38.5 Å². The van der Waals surface area contributed by atoms with Crippen molar-refractivity contribution in [1.29, 1.82) is 0 Å². The molecule has 2 unspecified atom stereocenters. The molecule has 32 heavy (non-hydrogen) atoms. The maximum Gasteiger partial charge on any atom is 0.268 e. The first-order valence-corrected chi connectivity index (χ1v) is 16.6. The zero-order chi connectivity index (χ0) is 23.5. The van der Waals surface area contributed by atoms with E-state index in [9.17, 15) is 25.3 Å². The minimum Gasteiger partial charge on any atom is -0.285 e. The molecule has 0 aliphatic heterocycles. The molecule has 14 heteroatoms. The highest BCUT2D eigenvalue weighted by Crippen LogP contribution is 2.22. The molecule has 10 nitrogen and oxygen atoms in total. The molecule has 0 radical (unpaired) electrons. The van der Waals surface area contributed by atoms with Gasteiger partial charge in [-0.1, -0.05) is 38.5 Å². The van der Waals surface area contributed by atoms with E-state index in [-0.39, 0.29) is 25.0 Å². The van der Waals surface area contributed by atoms with Gasteiger partial charge in [0.15, 0.2) is 34.0 Å². The smallest absolute Gasteiger partial charge is 0.268 e. The summed E-state index contributed by atoms with van der Waals surface area (Å²) < 4.78 is 91.4. The van der Waals surface area contributed by atoms with Gasteiger partial charge in [0.25, 0.3) is 20.2 Å². The van der Waals surface area contributed by atoms with E-state index in [0.29, 0.717) is 0 Å². The second-order valence-electron chi connectivity index (χ2n) is 8.02. The van der Waals surface area contributed by atoms with Crippen LogP contribution in [-0.2, 0) is 59.1 Å². The highest BCUT2D eigenvalue weighted by Gasteiger charge is 2.21. The molecule has 0 N–H and O–H groups in total. The van der Waals surface area contributed by atoms with E-state index in [1.165, 1.54) is 0 Å². The van der Waals surface area contributed by atoms with Crippen LogP contribution in [0.15, 0.2) is 0 Å². The summed E-state index contributed by atoms with van der Waals surface area (Å²) in [6.45, 7) is 0. The van der Waals surface area contributed by atoms with Gasteiger partial charge in [-0.2, -0.15) is 16.8 Å². The molecule has 2 atom stereocenters. The van der Waals surface area contributed by atoms with Crippen molar-refractivity contribution in [3.63, 3.8) is 0 Å². The standard InChI is InChI=1S/C18H34O10S4/c19-29(27-17-9-3-1-4-10-17)15-25-31(21,22)13-7-8-14-32(23,24)26-16-30(20)28-18-11-5-2-6-12-18/h17-18H,1-16H2. The van der Waals surface area contributed by atoms with Gasteiger partial charge in [-0.3, -0.25) is 16.7 Å². The molecule has 2 rings (SSSR count). The van der Waals surface area contributed by atoms with Gasteiger partial charge >= 0.3 is 0 Å². The van der Waals surface area contributed by atoms with Crippen molar-refractivity contribution in [3.05, 3.63) is 0 Å². The number of hydrogen-bond donors (Lipinski definition) is 0. The van der Waals surface area contributed by atoms with Crippen LogP contribution in [-0.4, -0.2) is 60.8 Å². The van der Waals surface area contributed by atoms with Crippen LogP contribution in [0.4, 0.5) is 0 Å². The second kappa shape index (κ2) is 14.4. The van der Waals surface area contributed by atoms with E-state index in [0.717, 1.165) is 64.2 Å². The summed E-state index contributed by atoms with van der Waals surface area (Å²) >= 11 is -3.71. The van der Waals surface area contributed by atoms with Crippen LogP contribution in [0.2, 0.25) is 0 Å². The molecule has 2 aliphatic carbocycles. The van der Waals surface area contributed by atoms with Crippen LogP contribution >= 0.6 is 0 Å². The van der Waals surface area contributed by atoms with Crippen LogP contribution in [0.5, 0.6) is 0 Å². The third kappa shape index (κ3) is 12.5. The summed E-state index contributed by atoms with van der Waals surface area (Å²) in [5, 5.41) is 0. The fraction of sp³-hybridized carbons (Fsp3) is 1.00. The second-order valence-corrected chi connectivity index (χ2v) is 13.6. The van der Waals surface area contributed by atoms with Crippen molar-refractivity contribution in [2.45, 2.75) is 89.3 Å². The molecular weight excluding hydrogens is 504 g/mol. The van der Waals surface area contributed by atoms with E-state index in [1.807, 2.05) is 0 Å². The molecule has 0 spiro atoms. The predicted octanol–water partition coefficient (Wildman–Crippen LogP) is 2.40. The van der Waals surface area contributed by atoms with Crippen molar-refractivity contribution in [3.8, 4) is 0 Å². The maximum atomic E-state index is 11.9. The number of hydrogen-bond acceptors (Lipinski definition) is 10. The van der Waals surface area contributed by atoms with Crippen LogP contribution in [0.3, 0.4) is 0 Å². The lowest BCUT2D eigenvalue weighted by Gasteiger charge is -2.20. The molecule has 0 amide bonds. The van der Waals surface area contributed by atoms with Gasteiger partial charge in [-0.15, -0.1) is 0 Å². The lowest BCUT2D eigenvalue weighted by atomic mass is 9.98. The zero-order valence-electron chi connectivity index (χ0n) is 18.2. The fourth-order valence-electron chi connectivity index (χ4n) is 3.58. The average Bonchev–Trinajstić information content (AvgIpc) is 2.76. The van der Waals surface area contributed by atoms with E-state index in [1.54, 1.807) is 0 Å². The largest absolute Gasteiger partial charge is 0.285 e. The third-order valence-electron chi connectivity index (χ3n) is 5.28. The third-order valence-corrected chi connectivity index (χ3v) is 9.70. The molecule has 0 saturated heterocycles. The fourth-order valence-corrected chi connectivity index (χ4v) is 7.84. The lowest BCUT2D eigenvalue weighted by Crippen LogP contribution is -2.22. The topological polar surface area (TPSA) is 139 Å². The highest BCUT2D eigenvalue weighted by atomic mass is 32.2. The zero-order valence-corrected chi connectivity index (χ0v) is 21.4. The summed E-state index contributed by atoms with van der Waals surface area (Å²) in [5.74, 6) is -1.99. The van der Waals surface area contributed by atoms with Crippen molar-refractivity contribution in [2.24, 2.45) is 0 Å². The Bertz CT molecular complexity index is 732. The summed E-state index contributed by atoms with van der Waals surface area (Å²) in [4.78, 5) is 0.